The second-order valence-electron chi connectivity index (χ2n) is 5.36. The van der Waals surface area contributed by atoms with E-state index in [4.69, 9.17) is 4.42 Å². The molecule has 0 aliphatic carbocycles. The molecule has 6 heteroatoms. The Morgan fingerprint density at radius 1 is 1.43 bits per heavy atom. The second kappa shape index (κ2) is 6.11. The summed E-state index contributed by atoms with van der Waals surface area (Å²) in [5.41, 5.74) is 2.69. The number of carbonyl (C=O) groups is 1. The molecule has 0 fully saturated rings. The third-order valence-electron chi connectivity index (χ3n) is 3.28. The van der Waals surface area contributed by atoms with Crippen molar-refractivity contribution in [1.29, 1.82) is 0 Å². The number of nitrogens with one attached hydrogen (secondary N) is 1. The van der Waals surface area contributed by atoms with E-state index < -0.39 is 0 Å². The van der Waals surface area contributed by atoms with Gasteiger partial charge in [0, 0.05) is 18.2 Å². The molecule has 0 bridgehead atoms. The molecule has 1 atom stereocenters. The lowest BCUT2D eigenvalue weighted by Gasteiger charge is -2.14. The van der Waals surface area contributed by atoms with Crippen molar-refractivity contribution in [2.45, 2.75) is 53.6 Å². The highest BCUT2D eigenvalue weighted by Crippen LogP contribution is 2.11. The standard InChI is InChI=1S/C15H22N4O2/c1-6-13-17-12(5)14(21-13)15(20)16-10(3)8-19-11(4)7-9(2)18-19/h7,10H,6,8H2,1-5H3,(H,16,20). The van der Waals surface area contributed by atoms with Crippen LogP contribution in [0.2, 0.25) is 0 Å². The minimum atomic E-state index is -0.228. The number of amides is 1. The fourth-order valence-corrected chi connectivity index (χ4v) is 2.27. The Bertz CT molecular complexity index is 642. The van der Waals surface area contributed by atoms with E-state index in [9.17, 15) is 4.79 Å². The zero-order valence-corrected chi connectivity index (χ0v) is 13.2. The maximum absolute atomic E-state index is 12.2. The Morgan fingerprint density at radius 3 is 2.67 bits per heavy atom. The number of nitrogens with zero attached hydrogens (tertiary/aromatic N) is 3. The van der Waals surface area contributed by atoms with E-state index in [1.165, 1.54) is 0 Å². The Kier molecular flexibility index (Phi) is 4.45. The first-order valence-electron chi connectivity index (χ1n) is 7.19. The summed E-state index contributed by atoms with van der Waals surface area (Å²) in [5.74, 6) is 0.657. The Hall–Kier alpha value is -2.11. The first-order valence-corrected chi connectivity index (χ1v) is 7.19. The van der Waals surface area contributed by atoms with Crippen LogP contribution in [0.25, 0.3) is 0 Å². The van der Waals surface area contributed by atoms with Crippen molar-refractivity contribution in [1.82, 2.24) is 20.1 Å². The van der Waals surface area contributed by atoms with E-state index in [1.807, 2.05) is 38.4 Å². The predicted octanol–water partition coefficient (Wildman–Crippen LogP) is 2.18. The topological polar surface area (TPSA) is 73.0 Å². The van der Waals surface area contributed by atoms with E-state index >= 15 is 0 Å². The van der Waals surface area contributed by atoms with Gasteiger partial charge in [-0.15, -0.1) is 0 Å². The van der Waals surface area contributed by atoms with Gasteiger partial charge in [-0.05, 0) is 33.8 Å². The molecule has 21 heavy (non-hydrogen) atoms. The van der Waals surface area contributed by atoms with Crippen LogP contribution in [-0.4, -0.2) is 26.7 Å². The van der Waals surface area contributed by atoms with Crippen LogP contribution in [0.3, 0.4) is 0 Å². The van der Waals surface area contributed by atoms with Gasteiger partial charge < -0.3 is 9.73 Å². The fraction of sp³-hybridized carbons (Fsp3) is 0.533. The SMILES string of the molecule is CCc1nc(C)c(C(=O)NC(C)Cn2nc(C)cc2C)o1. The summed E-state index contributed by atoms with van der Waals surface area (Å²) in [6.07, 6.45) is 0.676. The molecule has 2 heterocycles. The van der Waals surface area contributed by atoms with Crippen LogP contribution in [0.5, 0.6) is 0 Å². The van der Waals surface area contributed by atoms with Crippen LogP contribution in [-0.2, 0) is 13.0 Å². The lowest BCUT2D eigenvalue weighted by Crippen LogP contribution is -2.36. The number of hydrogen-bond acceptors (Lipinski definition) is 4. The minimum absolute atomic E-state index is 0.0509. The van der Waals surface area contributed by atoms with Gasteiger partial charge in [0.2, 0.25) is 5.76 Å². The molecule has 0 saturated carbocycles. The highest BCUT2D eigenvalue weighted by Gasteiger charge is 2.19. The molecule has 6 nitrogen and oxygen atoms in total. The largest absolute Gasteiger partial charge is 0.435 e. The van der Waals surface area contributed by atoms with Gasteiger partial charge in [-0.1, -0.05) is 6.92 Å². The van der Waals surface area contributed by atoms with E-state index in [0.717, 1.165) is 11.4 Å². The summed E-state index contributed by atoms with van der Waals surface area (Å²) in [5, 5.41) is 7.32. The van der Waals surface area contributed by atoms with Crippen LogP contribution in [0, 0.1) is 20.8 Å². The number of carbonyl (C=O) groups excluding carboxylic acids is 1. The normalized spacial score (nSPS) is 12.4. The van der Waals surface area contributed by atoms with Crippen molar-refractivity contribution >= 4 is 5.91 Å². The van der Waals surface area contributed by atoms with Gasteiger partial charge in [0.25, 0.3) is 5.91 Å². The lowest BCUT2D eigenvalue weighted by molar-refractivity contribution is 0.0905. The van der Waals surface area contributed by atoms with Crippen LogP contribution in [0.4, 0.5) is 0 Å². The van der Waals surface area contributed by atoms with Crippen LogP contribution in [0.1, 0.15) is 47.4 Å². The number of aromatic nitrogens is 3. The molecule has 0 radical (unpaired) electrons. The van der Waals surface area contributed by atoms with Crippen LogP contribution in [0.15, 0.2) is 10.5 Å². The van der Waals surface area contributed by atoms with Gasteiger partial charge >= 0.3 is 0 Å². The highest BCUT2D eigenvalue weighted by molar-refractivity contribution is 5.92. The molecule has 0 saturated heterocycles. The molecular formula is C15H22N4O2. The van der Waals surface area contributed by atoms with Gasteiger partial charge in [-0.2, -0.15) is 5.10 Å². The van der Waals surface area contributed by atoms with Crippen molar-refractivity contribution < 1.29 is 9.21 Å². The Labute approximate surface area is 124 Å². The Balaban J connectivity index is 2.01. The van der Waals surface area contributed by atoms with Gasteiger partial charge in [-0.25, -0.2) is 4.98 Å². The average Bonchev–Trinajstić information content (AvgIpc) is 2.92. The van der Waals surface area contributed by atoms with Crippen molar-refractivity contribution in [3.63, 3.8) is 0 Å². The monoisotopic (exact) mass is 290 g/mol. The van der Waals surface area contributed by atoms with Gasteiger partial charge in [-0.3, -0.25) is 9.48 Å². The summed E-state index contributed by atoms with van der Waals surface area (Å²) in [6.45, 7) is 10.3. The highest BCUT2D eigenvalue weighted by atomic mass is 16.4. The molecule has 0 spiro atoms. The van der Waals surface area contributed by atoms with Gasteiger partial charge in [0.15, 0.2) is 5.89 Å². The third-order valence-corrected chi connectivity index (χ3v) is 3.28. The van der Waals surface area contributed by atoms with Crippen molar-refractivity contribution in [2.75, 3.05) is 0 Å². The minimum Gasteiger partial charge on any atom is -0.435 e. The summed E-state index contributed by atoms with van der Waals surface area (Å²) >= 11 is 0. The van der Waals surface area contributed by atoms with Crippen LogP contribution >= 0.6 is 0 Å². The first-order chi connectivity index (χ1) is 9.90. The lowest BCUT2D eigenvalue weighted by atomic mass is 10.3. The smallest absolute Gasteiger partial charge is 0.289 e. The van der Waals surface area contributed by atoms with Crippen molar-refractivity contribution in [2.24, 2.45) is 0 Å². The zero-order valence-electron chi connectivity index (χ0n) is 13.2. The zero-order chi connectivity index (χ0) is 15.6. The molecule has 0 aliphatic heterocycles. The average molecular weight is 290 g/mol. The fourth-order valence-electron chi connectivity index (χ4n) is 2.27. The third kappa shape index (κ3) is 3.51. The molecule has 114 valence electrons. The molecule has 2 aromatic rings. The maximum Gasteiger partial charge on any atom is 0.289 e. The van der Waals surface area contributed by atoms with E-state index in [2.05, 4.69) is 15.4 Å². The summed E-state index contributed by atoms with van der Waals surface area (Å²) in [7, 11) is 0. The molecule has 2 rings (SSSR count). The number of hydrogen-bond donors (Lipinski definition) is 1. The molecule has 1 N–H and O–H groups in total. The molecule has 1 amide bonds. The molecule has 1 unspecified atom stereocenters. The number of oxazole rings is 1. The molecule has 0 aromatic carbocycles. The van der Waals surface area contributed by atoms with Crippen molar-refractivity contribution in [3.8, 4) is 0 Å². The van der Waals surface area contributed by atoms with Gasteiger partial charge in [0.05, 0.1) is 17.9 Å². The summed E-state index contributed by atoms with van der Waals surface area (Å²) < 4.78 is 7.35. The molecular weight excluding hydrogens is 268 g/mol. The Morgan fingerprint density at radius 2 is 2.14 bits per heavy atom. The van der Waals surface area contributed by atoms with Crippen LogP contribution < -0.4 is 5.32 Å². The second-order valence-corrected chi connectivity index (χ2v) is 5.36. The number of aryl methyl sites for hydroxylation is 4. The first kappa shape index (κ1) is 15.3. The van der Waals surface area contributed by atoms with Crippen molar-refractivity contribution in [3.05, 3.63) is 34.8 Å². The summed E-state index contributed by atoms with van der Waals surface area (Å²) in [4.78, 5) is 16.4. The number of rotatable bonds is 5. The molecule has 2 aromatic heterocycles. The van der Waals surface area contributed by atoms with E-state index in [1.54, 1.807) is 6.92 Å². The van der Waals surface area contributed by atoms with E-state index in [0.29, 0.717) is 30.3 Å². The van der Waals surface area contributed by atoms with E-state index in [-0.39, 0.29) is 11.9 Å². The maximum atomic E-state index is 12.2. The molecule has 0 aliphatic rings. The summed E-state index contributed by atoms with van der Waals surface area (Å²) in [6, 6.07) is 1.97. The van der Waals surface area contributed by atoms with Gasteiger partial charge in [0.1, 0.15) is 0 Å². The predicted molar refractivity (Wildman–Crippen MR) is 79.2 cm³/mol. The quantitative estimate of drug-likeness (QED) is 0.916.